The Morgan fingerprint density at radius 2 is 2.35 bits per heavy atom. The summed E-state index contributed by atoms with van der Waals surface area (Å²) < 4.78 is 3.13. The highest BCUT2D eigenvalue weighted by Gasteiger charge is 2.17. The third-order valence-corrected chi connectivity index (χ3v) is 2.34. The maximum Gasteiger partial charge on any atom is 0.305 e. The van der Waals surface area contributed by atoms with Gasteiger partial charge >= 0.3 is 5.97 Å². The van der Waals surface area contributed by atoms with Crippen LogP contribution in [0.5, 0.6) is 0 Å². The van der Waals surface area contributed by atoms with Crippen LogP contribution in [0.4, 0.5) is 0 Å². The lowest BCUT2D eigenvalue weighted by Crippen LogP contribution is -2.13. The largest absolute Gasteiger partial charge is 0.481 e. The molecule has 1 unspecified atom stereocenters. The van der Waals surface area contributed by atoms with Crippen LogP contribution < -0.4 is 0 Å². The first-order chi connectivity index (χ1) is 8.08. The van der Waals surface area contributed by atoms with E-state index in [0.29, 0.717) is 5.82 Å². The van der Waals surface area contributed by atoms with Crippen molar-refractivity contribution >= 4 is 5.97 Å². The van der Waals surface area contributed by atoms with Crippen molar-refractivity contribution in [2.45, 2.75) is 19.4 Å². The molecule has 0 aliphatic heterocycles. The van der Waals surface area contributed by atoms with Crippen molar-refractivity contribution in [3.05, 3.63) is 12.4 Å². The molecule has 90 valence electrons. The first-order valence-corrected chi connectivity index (χ1v) is 5.06. The minimum absolute atomic E-state index is 0.0295. The molecule has 8 nitrogen and oxygen atoms in total. The summed E-state index contributed by atoms with van der Waals surface area (Å²) in [5.41, 5.74) is 0.759. The molecule has 2 heterocycles. The minimum Gasteiger partial charge on any atom is -0.481 e. The molecule has 0 fully saturated rings. The van der Waals surface area contributed by atoms with E-state index in [4.69, 9.17) is 5.11 Å². The van der Waals surface area contributed by atoms with Crippen LogP contribution in [0, 0.1) is 0 Å². The Labute approximate surface area is 96.9 Å². The Bertz CT molecular complexity index is 531. The molecule has 2 aromatic heterocycles. The smallest absolute Gasteiger partial charge is 0.305 e. The molecule has 2 aromatic rings. The fourth-order valence-electron chi connectivity index (χ4n) is 1.56. The molecule has 0 bridgehead atoms. The van der Waals surface area contributed by atoms with E-state index in [9.17, 15) is 4.79 Å². The molecule has 0 aliphatic rings. The number of tetrazole rings is 1. The number of carboxylic acids is 1. The maximum atomic E-state index is 10.7. The molecule has 0 spiro atoms. The third-order valence-electron chi connectivity index (χ3n) is 2.34. The van der Waals surface area contributed by atoms with Crippen LogP contribution in [0.1, 0.15) is 19.4 Å². The van der Waals surface area contributed by atoms with Crippen LogP contribution in [-0.4, -0.2) is 41.1 Å². The number of hydrogen-bond donors (Lipinski definition) is 1. The molecule has 2 rings (SSSR count). The third kappa shape index (κ3) is 2.30. The van der Waals surface area contributed by atoms with Crippen molar-refractivity contribution in [3.63, 3.8) is 0 Å². The van der Waals surface area contributed by atoms with Crippen LogP contribution in [0.3, 0.4) is 0 Å². The van der Waals surface area contributed by atoms with Gasteiger partial charge in [0.05, 0.1) is 24.2 Å². The summed E-state index contributed by atoms with van der Waals surface area (Å²) in [5.74, 6) is -0.364. The second-order valence-corrected chi connectivity index (χ2v) is 3.80. The topological polar surface area (TPSA) is 98.7 Å². The Morgan fingerprint density at radius 1 is 1.59 bits per heavy atom. The van der Waals surface area contributed by atoms with Gasteiger partial charge in [0.15, 0.2) is 5.82 Å². The Balaban J connectivity index is 2.31. The summed E-state index contributed by atoms with van der Waals surface area (Å²) >= 11 is 0. The van der Waals surface area contributed by atoms with E-state index < -0.39 is 5.97 Å². The lowest BCUT2D eigenvalue weighted by Gasteiger charge is -2.09. The lowest BCUT2D eigenvalue weighted by atomic mass is 10.2. The van der Waals surface area contributed by atoms with Gasteiger partial charge in [0.25, 0.3) is 0 Å². The van der Waals surface area contributed by atoms with Gasteiger partial charge in [-0.05, 0) is 17.4 Å². The van der Waals surface area contributed by atoms with Gasteiger partial charge in [0, 0.05) is 13.2 Å². The van der Waals surface area contributed by atoms with Crippen molar-refractivity contribution in [2.24, 2.45) is 7.05 Å². The van der Waals surface area contributed by atoms with Crippen molar-refractivity contribution < 1.29 is 9.90 Å². The summed E-state index contributed by atoms with van der Waals surface area (Å²) in [7, 11) is 1.79. The number of rotatable bonds is 4. The number of aryl methyl sites for hydroxylation is 1. The number of aliphatic carboxylic acids is 1. The molecule has 0 amide bonds. The van der Waals surface area contributed by atoms with E-state index in [-0.39, 0.29) is 12.5 Å². The maximum absolute atomic E-state index is 10.7. The Hall–Kier alpha value is -2.25. The number of hydrogen-bond acceptors (Lipinski definition) is 5. The van der Waals surface area contributed by atoms with Gasteiger partial charge in [-0.2, -0.15) is 5.10 Å². The predicted molar refractivity (Wildman–Crippen MR) is 57.0 cm³/mol. The number of carboxylic acid groups (broad SMARTS) is 1. The van der Waals surface area contributed by atoms with E-state index in [1.165, 1.54) is 4.68 Å². The molecule has 0 saturated carbocycles. The Morgan fingerprint density at radius 3 is 2.94 bits per heavy atom. The Kier molecular flexibility index (Phi) is 2.86. The normalized spacial score (nSPS) is 12.6. The standard InChI is InChI=1S/C9H12N6O2/c1-6(3-8(16)17)15-9(11-12-13-15)7-4-10-14(2)5-7/h4-6H,3H2,1-2H3,(H,16,17). The van der Waals surface area contributed by atoms with Gasteiger partial charge in [-0.3, -0.25) is 9.48 Å². The molecule has 1 atom stereocenters. The first kappa shape index (κ1) is 11.2. The van der Waals surface area contributed by atoms with Gasteiger partial charge < -0.3 is 5.11 Å². The highest BCUT2D eigenvalue weighted by molar-refractivity contribution is 5.67. The van der Waals surface area contributed by atoms with Gasteiger partial charge in [0.2, 0.25) is 0 Å². The minimum atomic E-state index is -0.884. The van der Waals surface area contributed by atoms with E-state index >= 15 is 0 Å². The van der Waals surface area contributed by atoms with E-state index in [2.05, 4.69) is 20.6 Å². The van der Waals surface area contributed by atoms with Gasteiger partial charge in [-0.15, -0.1) is 5.10 Å². The number of aromatic nitrogens is 6. The zero-order chi connectivity index (χ0) is 12.4. The van der Waals surface area contributed by atoms with Gasteiger partial charge in [-0.25, -0.2) is 4.68 Å². The summed E-state index contributed by atoms with van der Waals surface area (Å²) in [5, 5.41) is 24.0. The second-order valence-electron chi connectivity index (χ2n) is 3.80. The van der Waals surface area contributed by atoms with Crippen LogP contribution in [0.15, 0.2) is 12.4 Å². The van der Waals surface area contributed by atoms with Crippen molar-refractivity contribution in [3.8, 4) is 11.4 Å². The number of carbonyl (C=O) groups is 1. The van der Waals surface area contributed by atoms with Crippen molar-refractivity contribution in [1.82, 2.24) is 30.0 Å². The van der Waals surface area contributed by atoms with Crippen LogP contribution in [0.25, 0.3) is 11.4 Å². The predicted octanol–water partition coefficient (Wildman–Crippen LogP) is 0.109. The second kappa shape index (κ2) is 4.32. The van der Waals surface area contributed by atoms with E-state index in [0.717, 1.165) is 5.56 Å². The zero-order valence-corrected chi connectivity index (χ0v) is 9.48. The molecule has 0 aromatic carbocycles. The summed E-state index contributed by atoms with van der Waals surface area (Å²) in [6, 6.07) is -0.308. The van der Waals surface area contributed by atoms with Gasteiger partial charge in [0.1, 0.15) is 0 Å². The molecule has 0 radical (unpaired) electrons. The fourth-order valence-corrected chi connectivity index (χ4v) is 1.56. The molecule has 0 saturated heterocycles. The molecular weight excluding hydrogens is 224 g/mol. The van der Waals surface area contributed by atoms with E-state index in [1.54, 1.807) is 31.0 Å². The zero-order valence-electron chi connectivity index (χ0n) is 9.48. The monoisotopic (exact) mass is 236 g/mol. The van der Waals surface area contributed by atoms with Gasteiger partial charge in [-0.1, -0.05) is 0 Å². The molecular formula is C9H12N6O2. The van der Waals surface area contributed by atoms with E-state index in [1.807, 2.05) is 0 Å². The molecule has 1 N–H and O–H groups in total. The first-order valence-electron chi connectivity index (χ1n) is 5.06. The van der Waals surface area contributed by atoms with Crippen LogP contribution in [-0.2, 0) is 11.8 Å². The van der Waals surface area contributed by atoms with Crippen LogP contribution >= 0.6 is 0 Å². The SMILES string of the molecule is CC(CC(=O)O)n1nnnc1-c1cnn(C)c1. The molecule has 17 heavy (non-hydrogen) atoms. The summed E-state index contributed by atoms with van der Waals surface area (Å²) in [6.45, 7) is 1.75. The highest BCUT2D eigenvalue weighted by atomic mass is 16.4. The summed E-state index contributed by atoms with van der Waals surface area (Å²) in [4.78, 5) is 10.7. The number of nitrogens with zero attached hydrogens (tertiary/aromatic N) is 6. The highest BCUT2D eigenvalue weighted by Crippen LogP contribution is 2.19. The fraction of sp³-hybridized carbons (Fsp3) is 0.444. The van der Waals surface area contributed by atoms with Crippen molar-refractivity contribution in [1.29, 1.82) is 0 Å². The average molecular weight is 236 g/mol. The van der Waals surface area contributed by atoms with Crippen LogP contribution in [0.2, 0.25) is 0 Å². The molecule has 0 aliphatic carbocycles. The quantitative estimate of drug-likeness (QED) is 0.808. The lowest BCUT2D eigenvalue weighted by molar-refractivity contribution is -0.137. The summed E-state index contributed by atoms with van der Waals surface area (Å²) in [6.07, 6.45) is 3.38. The van der Waals surface area contributed by atoms with Crippen molar-refractivity contribution in [2.75, 3.05) is 0 Å². The average Bonchev–Trinajstić information content (AvgIpc) is 2.83. The molecule has 8 heteroatoms.